The van der Waals surface area contributed by atoms with Crippen molar-refractivity contribution in [3.63, 3.8) is 0 Å². The van der Waals surface area contributed by atoms with Crippen LogP contribution in [-0.4, -0.2) is 11.2 Å². The highest BCUT2D eigenvalue weighted by molar-refractivity contribution is 5.80. The lowest BCUT2D eigenvalue weighted by molar-refractivity contribution is 0.587. The van der Waals surface area contributed by atoms with Crippen LogP contribution in [-0.2, 0) is 10.8 Å². The highest BCUT2D eigenvalue weighted by atomic mass is 15.3. The Hall–Kier alpha value is -2.16. The summed E-state index contributed by atoms with van der Waals surface area (Å²) in [5, 5.41) is 4.26. The molecule has 0 radical (unpaired) electrons. The zero-order chi connectivity index (χ0) is 17.1. The van der Waals surface area contributed by atoms with Crippen molar-refractivity contribution in [2.24, 2.45) is 5.10 Å². The number of hydrogen-bond donors (Lipinski definition) is 1. The van der Waals surface area contributed by atoms with Gasteiger partial charge < -0.3 is 0 Å². The minimum absolute atomic E-state index is 0.115. The Morgan fingerprint density at radius 3 is 1.87 bits per heavy atom. The molecule has 122 valence electrons. The quantitative estimate of drug-likeness (QED) is 0.631. The van der Waals surface area contributed by atoms with E-state index in [9.17, 15) is 0 Å². The van der Waals surface area contributed by atoms with Crippen molar-refractivity contribution in [2.45, 2.75) is 52.4 Å². The monoisotopic (exact) mass is 309 g/mol. The summed E-state index contributed by atoms with van der Waals surface area (Å²) in [7, 11) is 0. The zero-order valence-electron chi connectivity index (χ0n) is 15.0. The van der Waals surface area contributed by atoms with Gasteiger partial charge in [0.2, 0.25) is 0 Å². The molecule has 1 heterocycles. The Morgan fingerprint density at radius 1 is 0.826 bits per heavy atom. The number of nitrogens with one attached hydrogen (secondary N) is 1. The first-order valence-corrected chi connectivity index (χ1v) is 8.02. The molecule has 0 aliphatic rings. The van der Waals surface area contributed by atoms with E-state index in [1.165, 1.54) is 11.1 Å². The van der Waals surface area contributed by atoms with Gasteiger partial charge in [0.25, 0.3) is 0 Å². The van der Waals surface area contributed by atoms with E-state index in [4.69, 9.17) is 0 Å². The van der Waals surface area contributed by atoms with Gasteiger partial charge in [-0.1, -0.05) is 71.9 Å². The van der Waals surface area contributed by atoms with Gasteiger partial charge in [0.15, 0.2) is 0 Å². The van der Waals surface area contributed by atoms with Gasteiger partial charge in [-0.25, -0.2) is 4.98 Å². The van der Waals surface area contributed by atoms with Crippen LogP contribution in [0.25, 0.3) is 0 Å². The molecule has 3 nitrogen and oxygen atoms in total. The minimum Gasteiger partial charge on any atom is -0.261 e. The topological polar surface area (TPSA) is 37.3 Å². The average Bonchev–Trinajstić information content (AvgIpc) is 2.46. The van der Waals surface area contributed by atoms with Gasteiger partial charge in [0.05, 0.1) is 6.21 Å². The van der Waals surface area contributed by atoms with Crippen LogP contribution in [0.2, 0.25) is 0 Å². The van der Waals surface area contributed by atoms with E-state index in [2.05, 4.69) is 87.4 Å². The molecule has 0 amide bonds. The molecule has 0 aliphatic heterocycles. The molecule has 0 fully saturated rings. The average molecular weight is 309 g/mol. The number of hydrazone groups is 1. The van der Waals surface area contributed by atoms with Gasteiger partial charge in [-0.15, -0.1) is 0 Å². The third-order valence-corrected chi connectivity index (χ3v) is 3.80. The number of rotatable bonds is 3. The van der Waals surface area contributed by atoms with Crippen molar-refractivity contribution >= 4 is 12.0 Å². The van der Waals surface area contributed by atoms with Gasteiger partial charge in [0.1, 0.15) is 5.82 Å². The summed E-state index contributed by atoms with van der Waals surface area (Å²) >= 11 is 0. The number of hydrogen-bond acceptors (Lipinski definition) is 3. The predicted octanol–water partition coefficient (Wildman–Crippen LogP) is 5.12. The summed E-state index contributed by atoms with van der Waals surface area (Å²) in [6.07, 6.45) is 3.71. The first kappa shape index (κ1) is 17.2. The Bertz CT molecular complexity index is 654. The van der Waals surface area contributed by atoms with Crippen LogP contribution < -0.4 is 5.43 Å². The number of pyridine rings is 1. The van der Waals surface area contributed by atoms with Gasteiger partial charge in [-0.3, -0.25) is 5.43 Å². The molecule has 1 N–H and O–H groups in total. The lowest BCUT2D eigenvalue weighted by atomic mass is 9.87. The smallest absolute Gasteiger partial charge is 0.146 e. The van der Waals surface area contributed by atoms with E-state index in [1.807, 2.05) is 18.5 Å². The van der Waals surface area contributed by atoms with E-state index in [1.54, 1.807) is 0 Å². The maximum absolute atomic E-state index is 4.40. The number of nitrogens with zero attached hydrogens (tertiary/aromatic N) is 2. The molecule has 1 aromatic carbocycles. The van der Waals surface area contributed by atoms with Crippen LogP contribution in [0.5, 0.6) is 0 Å². The summed E-state index contributed by atoms with van der Waals surface area (Å²) < 4.78 is 0. The lowest BCUT2D eigenvalue weighted by Crippen LogP contribution is -2.11. The van der Waals surface area contributed by atoms with Crippen LogP contribution in [0.4, 0.5) is 5.82 Å². The second-order valence-corrected chi connectivity index (χ2v) is 7.92. The largest absolute Gasteiger partial charge is 0.261 e. The van der Waals surface area contributed by atoms with Crippen LogP contribution in [0, 0.1) is 0 Å². The molecule has 0 saturated heterocycles. The van der Waals surface area contributed by atoms with Crippen LogP contribution in [0.15, 0.2) is 47.7 Å². The molecule has 0 saturated carbocycles. The molecule has 0 bridgehead atoms. The molecule has 3 heteroatoms. The molecule has 0 aliphatic carbocycles. The van der Waals surface area contributed by atoms with E-state index >= 15 is 0 Å². The molecule has 0 spiro atoms. The fourth-order valence-electron chi connectivity index (χ4n) is 2.15. The highest BCUT2D eigenvalue weighted by Crippen LogP contribution is 2.22. The molecular formula is C20H27N3. The van der Waals surface area contributed by atoms with Crippen LogP contribution in [0.3, 0.4) is 0 Å². The summed E-state index contributed by atoms with van der Waals surface area (Å²) in [4.78, 5) is 4.40. The van der Waals surface area contributed by atoms with E-state index in [-0.39, 0.29) is 10.8 Å². The number of aromatic nitrogens is 1. The molecular weight excluding hydrogens is 282 g/mol. The van der Waals surface area contributed by atoms with Gasteiger partial charge >= 0.3 is 0 Å². The Morgan fingerprint density at radius 2 is 1.39 bits per heavy atom. The van der Waals surface area contributed by atoms with Crippen molar-refractivity contribution < 1.29 is 0 Å². The fourth-order valence-corrected chi connectivity index (χ4v) is 2.15. The molecule has 0 unspecified atom stereocenters. The normalized spacial score (nSPS) is 12.6. The van der Waals surface area contributed by atoms with Gasteiger partial charge in [-0.2, -0.15) is 5.10 Å². The summed E-state index contributed by atoms with van der Waals surface area (Å²) in [6, 6.07) is 12.5. The summed E-state index contributed by atoms with van der Waals surface area (Å²) in [6.45, 7) is 13.2. The minimum atomic E-state index is 0.115. The highest BCUT2D eigenvalue weighted by Gasteiger charge is 2.13. The number of benzene rings is 1. The Balaban J connectivity index is 1.99. The van der Waals surface area contributed by atoms with Crippen molar-refractivity contribution in [1.82, 2.24) is 4.98 Å². The third-order valence-electron chi connectivity index (χ3n) is 3.80. The Labute approximate surface area is 139 Å². The molecule has 2 aromatic rings. The number of anilines is 1. The third kappa shape index (κ3) is 4.92. The first-order chi connectivity index (χ1) is 10.7. The standard InChI is InChI=1S/C20H27N3/c1-19(2,3)16-9-7-15(8-10-16)13-22-23-18-12-11-17(14-21-18)20(4,5)6/h7-14H,1-6H3,(H,21,23)/b22-13+. The van der Waals surface area contributed by atoms with E-state index in [0.717, 1.165) is 11.4 Å². The zero-order valence-corrected chi connectivity index (χ0v) is 15.0. The SMILES string of the molecule is CC(C)(C)c1ccc(/C=N/Nc2ccc(C(C)(C)C)cn2)cc1. The fraction of sp³-hybridized carbons (Fsp3) is 0.400. The Kier molecular flexibility index (Phi) is 4.88. The maximum atomic E-state index is 4.40. The first-order valence-electron chi connectivity index (χ1n) is 8.02. The van der Waals surface area contributed by atoms with Crippen molar-refractivity contribution in [3.8, 4) is 0 Å². The maximum Gasteiger partial charge on any atom is 0.146 e. The van der Waals surface area contributed by atoms with Crippen molar-refractivity contribution in [3.05, 3.63) is 59.3 Å². The lowest BCUT2D eigenvalue weighted by Gasteiger charge is -2.18. The summed E-state index contributed by atoms with van der Waals surface area (Å²) in [5.74, 6) is 0.751. The van der Waals surface area contributed by atoms with E-state index < -0.39 is 0 Å². The van der Waals surface area contributed by atoms with Crippen molar-refractivity contribution in [2.75, 3.05) is 5.43 Å². The molecule has 23 heavy (non-hydrogen) atoms. The van der Waals surface area contributed by atoms with Gasteiger partial charge in [0, 0.05) is 6.20 Å². The second kappa shape index (κ2) is 6.53. The summed E-state index contributed by atoms with van der Waals surface area (Å²) in [5.41, 5.74) is 6.86. The molecule has 0 atom stereocenters. The molecule has 1 aromatic heterocycles. The van der Waals surface area contributed by atoms with Gasteiger partial charge in [-0.05, 0) is 33.6 Å². The van der Waals surface area contributed by atoms with Crippen LogP contribution >= 0.6 is 0 Å². The second-order valence-electron chi connectivity index (χ2n) is 7.92. The predicted molar refractivity (Wildman–Crippen MR) is 99.3 cm³/mol. The van der Waals surface area contributed by atoms with Crippen molar-refractivity contribution in [1.29, 1.82) is 0 Å². The molecule has 2 rings (SSSR count). The van der Waals surface area contributed by atoms with E-state index in [0.29, 0.717) is 0 Å². The van der Waals surface area contributed by atoms with Crippen LogP contribution in [0.1, 0.15) is 58.2 Å².